The number of nitrogens with zero attached hydrogens (tertiary/aromatic N) is 1. The summed E-state index contributed by atoms with van der Waals surface area (Å²) in [6.45, 7) is 1.74. The maximum atomic E-state index is 13.5. The average molecular weight is 286 g/mol. The molecule has 112 valence electrons. The number of halogens is 2. The molecule has 0 saturated carbocycles. The molecule has 0 aliphatic heterocycles. The fourth-order valence-corrected chi connectivity index (χ4v) is 1.76. The van der Waals surface area contributed by atoms with Gasteiger partial charge in [0.25, 0.3) is 0 Å². The Morgan fingerprint density at radius 2 is 1.90 bits per heavy atom. The molecule has 2 N–H and O–H groups in total. The van der Waals surface area contributed by atoms with Gasteiger partial charge in [0.05, 0.1) is 11.7 Å². The van der Waals surface area contributed by atoms with E-state index in [9.17, 15) is 18.7 Å². The Hall–Kier alpha value is -1.53. The zero-order chi connectivity index (χ0) is 15.3. The van der Waals surface area contributed by atoms with Crippen molar-refractivity contribution < 1.29 is 18.7 Å². The molecule has 1 aromatic carbocycles. The molecule has 0 bridgehead atoms. The van der Waals surface area contributed by atoms with Crippen LogP contribution >= 0.6 is 0 Å². The van der Waals surface area contributed by atoms with Crippen LogP contribution in [0.25, 0.3) is 0 Å². The Bertz CT molecular complexity index is 446. The number of carbonyl (C=O) groups excluding carboxylic acids is 1. The first-order chi connectivity index (χ1) is 9.32. The van der Waals surface area contributed by atoms with Gasteiger partial charge in [0, 0.05) is 33.1 Å². The molecule has 0 spiro atoms. The molecule has 6 heteroatoms. The molecule has 1 rings (SSSR count). The molecule has 0 unspecified atom stereocenters. The van der Waals surface area contributed by atoms with E-state index in [1.54, 1.807) is 21.0 Å². The number of benzene rings is 1. The summed E-state index contributed by atoms with van der Waals surface area (Å²) >= 11 is 0. The summed E-state index contributed by atoms with van der Waals surface area (Å²) in [4.78, 5) is 12.9. The lowest BCUT2D eigenvalue weighted by molar-refractivity contribution is -0.129. The predicted molar refractivity (Wildman–Crippen MR) is 72.1 cm³/mol. The molecule has 1 aromatic rings. The molecular weight excluding hydrogens is 266 g/mol. The Morgan fingerprint density at radius 3 is 2.40 bits per heavy atom. The van der Waals surface area contributed by atoms with Crippen LogP contribution in [-0.2, 0) is 4.79 Å². The van der Waals surface area contributed by atoms with E-state index in [2.05, 4.69) is 5.32 Å². The molecule has 4 nitrogen and oxygen atoms in total. The second kappa shape index (κ2) is 7.31. The zero-order valence-electron chi connectivity index (χ0n) is 11.9. The standard InChI is InChI=1S/C14H20F2N2O2/c1-9(7-13(20)18(2)3)17-8-12(19)14-10(15)5-4-6-11(14)16/h4-6,9,12,17,19H,7-8H2,1-3H3/t9-,12-/m0/s1. The van der Waals surface area contributed by atoms with Crippen molar-refractivity contribution in [3.8, 4) is 0 Å². The van der Waals surface area contributed by atoms with Crippen LogP contribution in [0.2, 0.25) is 0 Å². The van der Waals surface area contributed by atoms with Crippen molar-refractivity contribution in [3.63, 3.8) is 0 Å². The van der Waals surface area contributed by atoms with Gasteiger partial charge in [-0.2, -0.15) is 0 Å². The molecule has 0 aliphatic carbocycles. The first-order valence-corrected chi connectivity index (χ1v) is 6.38. The molecule has 0 fully saturated rings. The average Bonchev–Trinajstić information content (AvgIpc) is 2.36. The monoisotopic (exact) mass is 286 g/mol. The predicted octanol–water partition coefficient (Wildman–Crippen LogP) is 1.45. The number of rotatable bonds is 6. The summed E-state index contributed by atoms with van der Waals surface area (Å²) in [5.74, 6) is -1.62. The van der Waals surface area contributed by atoms with Crippen LogP contribution in [0.4, 0.5) is 8.78 Å². The minimum Gasteiger partial charge on any atom is -0.387 e. The van der Waals surface area contributed by atoms with Crippen LogP contribution in [0.5, 0.6) is 0 Å². The summed E-state index contributed by atoms with van der Waals surface area (Å²) < 4.78 is 26.9. The van der Waals surface area contributed by atoms with Crippen molar-refractivity contribution in [1.82, 2.24) is 10.2 Å². The van der Waals surface area contributed by atoms with Crippen LogP contribution in [0.15, 0.2) is 18.2 Å². The molecule has 0 radical (unpaired) electrons. The van der Waals surface area contributed by atoms with Gasteiger partial charge in [-0.1, -0.05) is 6.07 Å². The van der Waals surface area contributed by atoms with E-state index in [1.165, 1.54) is 11.0 Å². The van der Waals surface area contributed by atoms with Crippen molar-refractivity contribution in [2.24, 2.45) is 0 Å². The third kappa shape index (κ3) is 4.54. The van der Waals surface area contributed by atoms with Gasteiger partial charge in [-0.15, -0.1) is 0 Å². The van der Waals surface area contributed by atoms with Gasteiger partial charge < -0.3 is 15.3 Å². The molecular formula is C14H20F2N2O2. The smallest absolute Gasteiger partial charge is 0.223 e. The molecule has 0 aromatic heterocycles. The van der Waals surface area contributed by atoms with E-state index < -0.39 is 17.7 Å². The number of carbonyl (C=O) groups is 1. The molecule has 1 amide bonds. The lowest BCUT2D eigenvalue weighted by Crippen LogP contribution is -2.35. The van der Waals surface area contributed by atoms with Crippen molar-refractivity contribution in [2.45, 2.75) is 25.5 Å². The van der Waals surface area contributed by atoms with E-state index in [4.69, 9.17) is 0 Å². The molecule has 0 aliphatic rings. The highest BCUT2D eigenvalue weighted by molar-refractivity contribution is 5.76. The number of nitrogens with one attached hydrogen (secondary N) is 1. The van der Waals surface area contributed by atoms with Crippen molar-refractivity contribution in [3.05, 3.63) is 35.4 Å². The second-order valence-electron chi connectivity index (χ2n) is 4.95. The van der Waals surface area contributed by atoms with Gasteiger partial charge in [0.15, 0.2) is 0 Å². The van der Waals surface area contributed by atoms with Crippen molar-refractivity contribution >= 4 is 5.91 Å². The highest BCUT2D eigenvalue weighted by Gasteiger charge is 2.19. The Kier molecular flexibility index (Phi) is 6.04. The topological polar surface area (TPSA) is 52.6 Å². The van der Waals surface area contributed by atoms with E-state index in [1.807, 2.05) is 0 Å². The molecule has 0 saturated heterocycles. The number of amides is 1. The van der Waals surface area contributed by atoms with Gasteiger partial charge >= 0.3 is 0 Å². The number of hydrogen-bond acceptors (Lipinski definition) is 3. The van der Waals surface area contributed by atoms with Crippen molar-refractivity contribution in [2.75, 3.05) is 20.6 Å². The van der Waals surface area contributed by atoms with Crippen LogP contribution in [-0.4, -0.2) is 42.6 Å². The van der Waals surface area contributed by atoms with Crippen molar-refractivity contribution in [1.29, 1.82) is 0 Å². The van der Waals surface area contributed by atoms with Gasteiger partial charge in [-0.05, 0) is 19.1 Å². The number of aliphatic hydroxyl groups excluding tert-OH is 1. The highest BCUT2D eigenvalue weighted by Crippen LogP contribution is 2.20. The summed E-state index contributed by atoms with van der Waals surface area (Å²) in [5.41, 5.74) is -0.355. The van der Waals surface area contributed by atoms with Gasteiger partial charge in [0.2, 0.25) is 5.91 Å². The van der Waals surface area contributed by atoms with E-state index >= 15 is 0 Å². The van der Waals surface area contributed by atoms with Gasteiger partial charge in [-0.25, -0.2) is 8.78 Å². The molecule has 0 heterocycles. The zero-order valence-corrected chi connectivity index (χ0v) is 11.9. The van der Waals surface area contributed by atoms with Crippen LogP contribution in [0.1, 0.15) is 25.0 Å². The first kappa shape index (κ1) is 16.5. The highest BCUT2D eigenvalue weighted by atomic mass is 19.1. The third-order valence-electron chi connectivity index (χ3n) is 2.97. The Balaban J connectivity index is 2.55. The van der Waals surface area contributed by atoms with Crippen LogP contribution in [0.3, 0.4) is 0 Å². The SMILES string of the molecule is C[C@@H](CC(=O)N(C)C)NC[C@H](O)c1c(F)cccc1F. The number of hydrogen-bond donors (Lipinski definition) is 2. The van der Waals surface area contributed by atoms with E-state index in [0.29, 0.717) is 0 Å². The molecule has 2 atom stereocenters. The van der Waals surface area contributed by atoms with E-state index in [0.717, 1.165) is 12.1 Å². The Labute approximate surface area is 117 Å². The minimum absolute atomic E-state index is 0.0280. The second-order valence-corrected chi connectivity index (χ2v) is 4.95. The summed E-state index contributed by atoms with van der Waals surface area (Å²) in [5, 5.41) is 12.7. The third-order valence-corrected chi connectivity index (χ3v) is 2.97. The minimum atomic E-state index is -1.30. The van der Waals surface area contributed by atoms with Crippen LogP contribution < -0.4 is 5.32 Å². The number of aliphatic hydroxyl groups is 1. The summed E-state index contributed by atoms with van der Waals surface area (Å²) in [6, 6.07) is 3.24. The normalized spacial score (nSPS) is 13.9. The van der Waals surface area contributed by atoms with Gasteiger partial charge in [-0.3, -0.25) is 4.79 Å². The Morgan fingerprint density at radius 1 is 1.35 bits per heavy atom. The quantitative estimate of drug-likeness (QED) is 0.832. The van der Waals surface area contributed by atoms with Crippen LogP contribution in [0, 0.1) is 11.6 Å². The largest absolute Gasteiger partial charge is 0.387 e. The summed E-state index contributed by atoms with van der Waals surface area (Å²) in [6.07, 6.45) is -1.05. The lowest BCUT2D eigenvalue weighted by atomic mass is 10.1. The fourth-order valence-electron chi connectivity index (χ4n) is 1.76. The van der Waals surface area contributed by atoms with E-state index in [-0.39, 0.29) is 30.5 Å². The maximum absolute atomic E-state index is 13.5. The maximum Gasteiger partial charge on any atom is 0.223 e. The fraction of sp³-hybridized carbons (Fsp3) is 0.500. The first-order valence-electron chi connectivity index (χ1n) is 6.38. The molecule has 20 heavy (non-hydrogen) atoms. The lowest BCUT2D eigenvalue weighted by Gasteiger charge is -2.19. The summed E-state index contributed by atoms with van der Waals surface area (Å²) in [7, 11) is 3.30. The van der Waals surface area contributed by atoms with Gasteiger partial charge in [0.1, 0.15) is 11.6 Å².